The van der Waals surface area contributed by atoms with E-state index in [9.17, 15) is 4.79 Å². The Balaban J connectivity index is 1.73. The maximum atomic E-state index is 11.4. The van der Waals surface area contributed by atoms with E-state index in [0.29, 0.717) is 40.9 Å². The molecule has 10 nitrogen and oxygen atoms in total. The standard InChI is InChI=1S/C19H19N7O3/c1-4-26-14-8-16(28-15-7-5-6-12(10(15)2)22-11(3)27)21-9-13(14)23-19(26)17-18(20)25-29-24-17/h5-9H,4H2,1-3H3,(H2,20,25)(H,22,27). The Labute approximate surface area is 165 Å². The molecule has 10 heteroatoms. The predicted octanol–water partition coefficient (Wildman–Crippen LogP) is 3.14. The summed E-state index contributed by atoms with van der Waals surface area (Å²) in [6.45, 7) is 5.94. The molecule has 4 rings (SSSR count). The first-order chi connectivity index (χ1) is 14.0. The molecule has 0 aliphatic heterocycles. The molecule has 0 aliphatic rings. The fraction of sp³-hybridized carbons (Fsp3) is 0.211. The molecular weight excluding hydrogens is 374 g/mol. The van der Waals surface area contributed by atoms with E-state index in [1.165, 1.54) is 6.92 Å². The molecule has 0 saturated heterocycles. The summed E-state index contributed by atoms with van der Waals surface area (Å²) in [5.41, 5.74) is 9.17. The molecule has 4 aromatic rings. The number of carbonyl (C=O) groups excluding carboxylic acids is 1. The number of hydrogen-bond donors (Lipinski definition) is 2. The van der Waals surface area contributed by atoms with Gasteiger partial charge in [-0.05, 0) is 36.3 Å². The maximum absolute atomic E-state index is 11.4. The second kappa shape index (κ2) is 7.23. The number of nitrogens with one attached hydrogen (secondary N) is 1. The fourth-order valence-corrected chi connectivity index (χ4v) is 3.08. The lowest BCUT2D eigenvalue weighted by Crippen LogP contribution is -2.07. The lowest BCUT2D eigenvalue weighted by molar-refractivity contribution is -0.114. The molecule has 0 saturated carbocycles. The first kappa shape index (κ1) is 18.4. The molecule has 148 valence electrons. The van der Waals surface area contributed by atoms with Gasteiger partial charge in [-0.25, -0.2) is 14.6 Å². The zero-order valence-electron chi connectivity index (χ0n) is 16.1. The van der Waals surface area contributed by atoms with Gasteiger partial charge in [0.15, 0.2) is 17.3 Å². The number of rotatable bonds is 5. The van der Waals surface area contributed by atoms with E-state index in [1.807, 2.05) is 30.5 Å². The lowest BCUT2D eigenvalue weighted by Gasteiger charge is -2.12. The van der Waals surface area contributed by atoms with Crippen LogP contribution in [0.5, 0.6) is 11.6 Å². The minimum Gasteiger partial charge on any atom is -0.439 e. The summed E-state index contributed by atoms with van der Waals surface area (Å²) < 4.78 is 12.6. The average Bonchev–Trinajstić information content (AvgIpc) is 3.27. The predicted molar refractivity (Wildman–Crippen MR) is 106 cm³/mol. The van der Waals surface area contributed by atoms with Crippen LogP contribution in [0.4, 0.5) is 11.5 Å². The minimum absolute atomic E-state index is 0.147. The van der Waals surface area contributed by atoms with Crippen LogP contribution in [0, 0.1) is 6.92 Å². The van der Waals surface area contributed by atoms with Crippen LogP contribution in [-0.4, -0.2) is 30.8 Å². The quantitative estimate of drug-likeness (QED) is 0.528. The second-order valence-corrected chi connectivity index (χ2v) is 6.40. The first-order valence-electron chi connectivity index (χ1n) is 8.97. The zero-order chi connectivity index (χ0) is 20.5. The van der Waals surface area contributed by atoms with Crippen molar-refractivity contribution < 1.29 is 14.2 Å². The van der Waals surface area contributed by atoms with Crippen LogP contribution in [0.15, 0.2) is 35.1 Å². The highest BCUT2D eigenvalue weighted by Crippen LogP contribution is 2.32. The molecule has 3 heterocycles. The maximum Gasteiger partial charge on any atom is 0.221 e. The highest BCUT2D eigenvalue weighted by molar-refractivity contribution is 5.90. The van der Waals surface area contributed by atoms with Crippen molar-refractivity contribution in [2.75, 3.05) is 11.1 Å². The molecule has 29 heavy (non-hydrogen) atoms. The van der Waals surface area contributed by atoms with Crippen molar-refractivity contribution in [3.05, 3.63) is 36.0 Å². The van der Waals surface area contributed by atoms with Gasteiger partial charge in [-0.15, -0.1) is 0 Å². The van der Waals surface area contributed by atoms with Crippen LogP contribution in [0.25, 0.3) is 22.6 Å². The highest BCUT2D eigenvalue weighted by atomic mass is 16.6. The zero-order valence-corrected chi connectivity index (χ0v) is 16.1. The summed E-state index contributed by atoms with van der Waals surface area (Å²) in [5.74, 6) is 1.56. The summed E-state index contributed by atoms with van der Waals surface area (Å²) in [5, 5.41) is 10.2. The number of amides is 1. The van der Waals surface area contributed by atoms with E-state index < -0.39 is 0 Å². The lowest BCUT2D eigenvalue weighted by atomic mass is 10.2. The van der Waals surface area contributed by atoms with Gasteiger partial charge in [-0.1, -0.05) is 6.07 Å². The van der Waals surface area contributed by atoms with E-state index in [0.717, 1.165) is 11.1 Å². The van der Waals surface area contributed by atoms with Gasteiger partial charge in [0.25, 0.3) is 0 Å². The molecule has 0 bridgehead atoms. The van der Waals surface area contributed by atoms with Crippen LogP contribution >= 0.6 is 0 Å². The van der Waals surface area contributed by atoms with Crippen LogP contribution < -0.4 is 15.8 Å². The molecule has 0 radical (unpaired) electrons. The molecule has 0 unspecified atom stereocenters. The molecule has 0 aliphatic carbocycles. The Morgan fingerprint density at radius 3 is 2.86 bits per heavy atom. The van der Waals surface area contributed by atoms with Gasteiger partial charge in [0, 0.05) is 30.8 Å². The number of benzene rings is 1. The highest BCUT2D eigenvalue weighted by Gasteiger charge is 2.19. The molecular formula is C19H19N7O3. The number of hydrogen-bond acceptors (Lipinski definition) is 8. The second-order valence-electron chi connectivity index (χ2n) is 6.40. The number of nitrogens with zero attached hydrogens (tertiary/aromatic N) is 5. The molecule has 3 N–H and O–H groups in total. The summed E-state index contributed by atoms with van der Waals surface area (Å²) in [6.07, 6.45) is 1.62. The first-order valence-corrected chi connectivity index (χ1v) is 8.97. The number of pyridine rings is 1. The van der Waals surface area contributed by atoms with Crippen molar-refractivity contribution in [3.63, 3.8) is 0 Å². The Morgan fingerprint density at radius 1 is 1.34 bits per heavy atom. The van der Waals surface area contributed by atoms with Crippen molar-refractivity contribution in [3.8, 4) is 23.1 Å². The number of fused-ring (bicyclic) bond motifs is 1. The molecule has 0 atom stereocenters. The summed E-state index contributed by atoms with van der Waals surface area (Å²) in [4.78, 5) is 20.3. The number of ether oxygens (including phenoxy) is 1. The topological polar surface area (TPSA) is 134 Å². The normalized spacial score (nSPS) is 11.0. The Kier molecular flexibility index (Phi) is 4.59. The number of aromatic nitrogens is 5. The summed E-state index contributed by atoms with van der Waals surface area (Å²) in [7, 11) is 0. The van der Waals surface area contributed by atoms with Gasteiger partial charge in [0.1, 0.15) is 11.3 Å². The van der Waals surface area contributed by atoms with E-state index in [2.05, 4.69) is 25.6 Å². The van der Waals surface area contributed by atoms with Crippen molar-refractivity contribution in [2.24, 2.45) is 0 Å². The van der Waals surface area contributed by atoms with Gasteiger partial charge >= 0.3 is 0 Å². The largest absolute Gasteiger partial charge is 0.439 e. The summed E-state index contributed by atoms with van der Waals surface area (Å²) >= 11 is 0. The number of nitrogen functional groups attached to an aromatic ring is 1. The number of carbonyl (C=O) groups is 1. The minimum atomic E-state index is -0.147. The van der Waals surface area contributed by atoms with E-state index in [1.54, 1.807) is 18.3 Å². The van der Waals surface area contributed by atoms with Gasteiger partial charge in [0.05, 0.1) is 11.7 Å². The monoisotopic (exact) mass is 393 g/mol. The molecule has 0 fully saturated rings. The number of nitrogens with two attached hydrogens (primary N) is 1. The van der Waals surface area contributed by atoms with Gasteiger partial charge in [0.2, 0.25) is 11.8 Å². The third-order valence-corrected chi connectivity index (χ3v) is 4.46. The molecule has 0 spiro atoms. The van der Waals surface area contributed by atoms with E-state index in [-0.39, 0.29) is 11.7 Å². The van der Waals surface area contributed by atoms with Gasteiger partial charge < -0.3 is 20.4 Å². The average molecular weight is 393 g/mol. The van der Waals surface area contributed by atoms with Crippen LogP contribution in [0.1, 0.15) is 19.4 Å². The number of aryl methyl sites for hydroxylation is 1. The van der Waals surface area contributed by atoms with Crippen molar-refractivity contribution in [1.29, 1.82) is 0 Å². The number of anilines is 2. The Hall–Kier alpha value is -3.95. The van der Waals surface area contributed by atoms with Crippen molar-refractivity contribution in [2.45, 2.75) is 27.3 Å². The SMILES string of the molecule is CCn1c(-c2nonc2N)nc2cnc(Oc3cccc(NC(C)=O)c3C)cc21. The fourth-order valence-electron chi connectivity index (χ4n) is 3.08. The molecule has 1 amide bonds. The van der Waals surface area contributed by atoms with E-state index >= 15 is 0 Å². The van der Waals surface area contributed by atoms with Gasteiger partial charge in [-0.3, -0.25) is 4.79 Å². The van der Waals surface area contributed by atoms with Crippen molar-refractivity contribution >= 4 is 28.4 Å². The molecule has 1 aromatic carbocycles. The Morgan fingerprint density at radius 2 is 2.17 bits per heavy atom. The number of imidazole rings is 1. The van der Waals surface area contributed by atoms with Crippen molar-refractivity contribution in [1.82, 2.24) is 24.8 Å². The van der Waals surface area contributed by atoms with Crippen LogP contribution in [-0.2, 0) is 11.3 Å². The van der Waals surface area contributed by atoms with Crippen LogP contribution in [0.3, 0.4) is 0 Å². The molecule has 3 aromatic heterocycles. The third-order valence-electron chi connectivity index (χ3n) is 4.46. The van der Waals surface area contributed by atoms with Gasteiger partial charge in [-0.2, -0.15) is 0 Å². The smallest absolute Gasteiger partial charge is 0.221 e. The summed E-state index contributed by atoms with van der Waals surface area (Å²) in [6, 6.07) is 7.23. The Bertz CT molecular complexity index is 1210. The van der Waals surface area contributed by atoms with E-state index in [4.69, 9.17) is 15.1 Å². The van der Waals surface area contributed by atoms with Crippen LogP contribution in [0.2, 0.25) is 0 Å². The third kappa shape index (κ3) is 3.35.